The van der Waals surface area contributed by atoms with E-state index in [2.05, 4.69) is 19.9 Å². The van der Waals surface area contributed by atoms with Gasteiger partial charge in [0.15, 0.2) is 0 Å². The Morgan fingerprint density at radius 1 is 1.47 bits per heavy atom. The number of amidine groups is 1. The van der Waals surface area contributed by atoms with E-state index >= 15 is 0 Å². The van der Waals surface area contributed by atoms with Gasteiger partial charge in [0, 0.05) is 45.4 Å². The summed E-state index contributed by atoms with van der Waals surface area (Å²) >= 11 is 0. The summed E-state index contributed by atoms with van der Waals surface area (Å²) in [6, 6.07) is 0. The first-order valence-corrected chi connectivity index (χ1v) is 5.59. The number of rotatable bonds is 3. The van der Waals surface area contributed by atoms with Crippen molar-refractivity contribution >= 4 is 5.84 Å². The Morgan fingerprint density at radius 3 is 3.07 bits per heavy atom. The molecule has 1 aliphatic rings. The topological polar surface area (TPSA) is 42.2 Å². The molecule has 0 saturated carbocycles. The smallest absolute Gasteiger partial charge is 0.110 e. The Labute approximate surface area is 90.4 Å². The minimum absolute atomic E-state index is 0.934. The van der Waals surface area contributed by atoms with Gasteiger partial charge in [-0.05, 0) is 12.8 Å². The van der Waals surface area contributed by atoms with Crippen molar-refractivity contribution in [2.75, 3.05) is 13.1 Å². The fourth-order valence-electron chi connectivity index (χ4n) is 1.80. The maximum absolute atomic E-state index is 4.45. The van der Waals surface area contributed by atoms with Crippen LogP contribution in [0.25, 0.3) is 0 Å². The molecule has 2 rings (SSSR count). The van der Waals surface area contributed by atoms with Gasteiger partial charge in [-0.25, -0.2) is 4.98 Å². The molecule has 1 N–H and O–H groups in total. The molecular weight excluding hydrogens is 188 g/mol. The second-order valence-corrected chi connectivity index (χ2v) is 3.92. The van der Waals surface area contributed by atoms with Gasteiger partial charge in [-0.15, -0.1) is 0 Å². The molecule has 0 bridgehead atoms. The van der Waals surface area contributed by atoms with Crippen LogP contribution in [0.1, 0.15) is 25.1 Å². The Hall–Kier alpha value is -1.32. The number of imidazole rings is 1. The van der Waals surface area contributed by atoms with Gasteiger partial charge in [0.1, 0.15) is 5.82 Å². The van der Waals surface area contributed by atoms with Gasteiger partial charge in [-0.3, -0.25) is 4.99 Å². The van der Waals surface area contributed by atoms with E-state index in [0.29, 0.717) is 0 Å². The van der Waals surface area contributed by atoms with Gasteiger partial charge in [-0.1, -0.05) is 0 Å². The lowest BCUT2D eigenvalue weighted by Crippen LogP contribution is -2.28. The fourth-order valence-corrected chi connectivity index (χ4v) is 1.80. The number of nitrogens with one attached hydrogen (secondary N) is 1. The van der Waals surface area contributed by atoms with Crippen molar-refractivity contribution in [3.63, 3.8) is 0 Å². The second kappa shape index (κ2) is 4.96. The molecule has 0 aromatic carbocycles. The molecule has 0 aliphatic carbocycles. The lowest BCUT2D eigenvalue weighted by molar-refractivity contribution is 0.692. The van der Waals surface area contributed by atoms with Crippen molar-refractivity contribution in [3.8, 4) is 0 Å². The number of hydrogen-bond donors (Lipinski definition) is 1. The van der Waals surface area contributed by atoms with Crippen molar-refractivity contribution in [2.45, 2.75) is 25.7 Å². The van der Waals surface area contributed by atoms with E-state index in [1.165, 1.54) is 18.7 Å². The predicted molar refractivity (Wildman–Crippen MR) is 61.1 cm³/mol. The molecule has 0 atom stereocenters. The van der Waals surface area contributed by atoms with Gasteiger partial charge in [-0.2, -0.15) is 0 Å². The van der Waals surface area contributed by atoms with Crippen LogP contribution >= 0.6 is 0 Å². The molecule has 1 aromatic heterocycles. The summed E-state index contributed by atoms with van der Waals surface area (Å²) in [6.45, 7) is 1.93. The van der Waals surface area contributed by atoms with Crippen molar-refractivity contribution in [2.24, 2.45) is 12.0 Å². The van der Waals surface area contributed by atoms with E-state index in [0.717, 1.165) is 31.8 Å². The lowest BCUT2D eigenvalue weighted by Gasteiger charge is -2.13. The van der Waals surface area contributed by atoms with Crippen LogP contribution in [0.3, 0.4) is 0 Å². The molecular formula is C11H18N4. The molecule has 4 heteroatoms. The normalized spacial score (nSPS) is 16.2. The maximum Gasteiger partial charge on any atom is 0.110 e. The summed E-state index contributed by atoms with van der Waals surface area (Å²) in [5.74, 6) is 2.30. The van der Waals surface area contributed by atoms with E-state index in [9.17, 15) is 0 Å². The third-order valence-electron chi connectivity index (χ3n) is 2.72. The molecule has 0 amide bonds. The second-order valence-electron chi connectivity index (χ2n) is 3.92. The van der Waals surface area contributed by atoms with Crippen molar-refractivity contribution in [1.82, 2.24) is 14.9 Å². The molecule has 0 unspecified atom stereocenters. The SMILES string of the molecule is Cn1ccnc1CCNC1=NCCCC1. The zero-order chi connectivity index (χ0) is 10.5. The lowest BCUT2D eigenvalue weighted by atomic mass is 10.2. The van der Waals surface area contributed by atoms with Crippen LogP contribution in [0.4, 0.5) is 0 Å². The van der Waals surface area contributed by atoms with E-state index in [1.54, 1.807) is 0 Å². The molecule has 15 heavy (non-hydrogen) atoms. The first kappa shape index (κ1) is 10.2. The highest BCUT2D eigenvalue weighted by atomic mass is 15.0. The zero-order valence-corrected chi connectivity index (χ0v) is 9.24. The molecule has 82 valence electrons. The number of nitrogens with zero attached hydrogens (tertiary/aromatic N) is 3. The van der Waals surface area contributed by atoms with Gasteiger partial charge in [0.05, 0.1) is 5.84 Å². The average Bonchev–Trinajstić information content (AvgIpc) is 2.66. The van der Waals surface area contributed by atoms with Crippen LogP contribution in [-0.2, 0) is 13.5 Å². The summed E-state index contributed by atoms with van der Waals surface area (Å²) in [6.07, 6.45) is 8.41. The minimum Gasteiger partial charge on any atom is -0.373 e. The van der Waals surface area contributed by atoms with Crippen molar-refractivity contribution in [3.05, 3.63) is 18.2 Å². The van der Waals surface area contributed by atoms with Crippen molar-refractivity contribution < 1.29 is 0 Å². The van der Waals surface area contributed by atoms with E-state index in [1.807, 2.05) is 19.4 Å². The van der Waals surface area contributed by atoms with E-state index < -0.39 is 0 Å². The predicted octanol–water partition coefficient (Wildman–Crippen LogP) is 1.13. The molecule has 0 radical (unpaired) electrons. The Bertz CT molecular complexity index is 340. The summed E-state index contributed by atoms with van der Waals surface area (Å²) in [7, 11) is 2.03. The maximum atomic E-state index is 4.45. The van der Waals surface area contributed by atoms with Crippen LogP contribution < -0.4 is 5.32 Å². The van der Waals surface area contributed by atoms with E-state index in [4.69, 9.17) is 0 Å². The van der Waals surface area contributed by atoms with Gasteiger partial charge >= 0.3 is 0 Å². The summed E-state index contributed by atoms with van der Waals surface area (Å²) in [4.78, 5) is 8.73. The van der Waals surface area contributed by atoms with Crippen LogP contribution in [-0.4, -0.2) is 28.5 Å². The van der Waals surface area contributed by atoms with E-state index in [-0.39, 0.29) is 0 Å². The van der Waals surface area contributed by atoms with Gasteiger partial charge in [0.2, 0.25) is 0 Å². The minimum atomic E-state index is 0.934. The largest absolute Gasteiger partial charge is 0.373 e. The van der Waals surface area contributed by atoms with Gasteiger partial charge < -0.3 is 9.88 Å². The number of aliphatic imine (C=N–C) groups is 1. The van der Waals surface area contributed by atoms with Crippen molar-refractivity contribution in [1.29, 1.82) is 0 Å². The molecule has 4 nitrogen and oxygen atoms in total. The first-order valence-electron chi connectivity index (χ1n) is 5.59. The third kappa shape index (κ3) is 2.81. The van der Waals surface area contributed by atoms with Crippen LogP contribution in [0.15, 0.2) is 17.4 Å². The molecule has 0 spiro atoms. The molecule has 0 saturated heterocycles. The summed E-state index contributed by atoms with van der Waals surface area (Å²) in [5.41, 5.74) is 0. The third-order valence-corrected chi connectivity index (χ3v) is 2.72. The monoisotopic (exact) mass is 206 g/mol. The quantitative estimate of drug-likeness (QED) is 0.805. The fraction of sp³-hybridized carbons (Fsp3) is 0.636. The van der Waals surface area contributed by atoms with Crippen LogP contribution in [0.2, 0.25) is 0 Å². The summed E-state index contributed by atoms with van der Waals surface area (Å²) < 4.78 is 2.06. The number of hydrogen-bond acceptors (Lipinski definition) is 3. The Morgan fingerprint density at radius 2 is 2.40 bits per heavy atom. The molecule has 1 aromatic rings. The first-order chi connectivity index (χ1) is 7.36. The molecule has 0 fully saturated rings. The molecule has 2 heterocycles. The molecule has 1 aliphatic heterocycles. The van der Waals surface area contributed by atoms with Crippen LogP contribution in [0, 0.1) is 0 Å². The Balaban J connectivity index is 1.75. The number of aryl methyl sites for hydroxylation is 1. The van der Waals surface area contributed by atoms with Crippen LogP contribution in [0.5, 0.6) is 0 Å². The summed E-state index contributed by atoms with van der Waals surface area (Å²) in [5, 5.41) is 3.38. The highest BCUT2D eigenvalue weighted by Gasteiger charge is 2.04. The zero-order valence-electron chi connectivity index (χ0n) is 9.24. The Kier molecular flexibility index (Phi) is 3.37. The highest BCUT2D eigenvalue weighted by Crippen LogP contribution is 2.03. The average molecular weight is 206 g/mol. The highest BCUT2D eigenvalue weighted by molar-refractivity contribution is 5.82. The standard InChI is InChI=1S/C11H18N4/c1-15-9-8-14-11(15)5-7-13-10-4-2-3-6-12-10/h8-9H,2-7H2,1H3,(H,12,13). The van der Waals surface area contributed by atoms with Gasteiger partial charge in [0.25, 0.3) is 0 Å². The number of aromatic nitrogens is 2.